The highest BCUT2D eigenvalue weighted by Crippen LogP contribution is 2.31. The Morgan fingerprint density at radius 2 is 1.92 bits per heavy atom. The Kier molecular flexibility index (Phi) is 5.08. The van der Waals surface area contributed by atoms with Crippen LogP contribution in [0.4, 0.5) is 10.1 Å². The van der Waals surface area contributed by atoms with Crippen LogP contribution >= 0.6 is 0 Å². The highest BCUT2D eigenvalue weighted by atomic mass is 32.2. The number of nitrogens with zero attached hydrogens (tertiary/aromatic N) is 1. The molecule has 24 heavy (non-hydrogen) atoms. The monoisotopic (exact) mass is 353 g/mol. The number of methoxy groups -OCH3 is 1. The third kappa shape index (κ3) is 3.48. The van der Waals surface area contributed by atoms with Crippen molar-refractivity contribution in [3.8, 4) is 5.75 Å². The molecule has 0 radical (unpaired) electrons. The summed E-state index contributed by atoms with van der Waals surface area (Å²) in [5.74, 6) is -1.73. The molecule has 2 rings (SSSR count). The van der Waals surface area contributed by atoms with Gasteiger partial charge in [0.25, 0.3) is 10.0 Å². The zero-order chi connectivity index (χ0) is 17.9. The smallest absolute Gasteiger partial charge is 0.307 e. The highest BCUT2D eigenvalue weighted by molar-refractivity contribution is 7.92. The minimum absolute atomic E-state index is 0.0485. The summed E-state index contributed by atoms with van der Waals surface area (Å²) < 4.78 is 45.4. The first kappa shape index (κ1) is 17.7. The summed E-state index contributed by atoms with van der Waals surface area (Å²) in [7, 11) is -1.62. The Bertz CT molecular complexity index is 867. The van der Waals surface area contributed by atoms with Crippen LogP contribution in [0.25, 0.3) is 0 Å². The summed E-state index contributed by atoms with van der Waals surface area (Å²) in [5, 5.41) is 8.87. The predicted octanol–water partition coefficient (Wildman–Crippen LogP) is 2.29. The first-order chi connectivity index (χ1) is 11.3. The fraction of sp³-hybridized carbons (Fsp3) is 0.188. The maximum atomic E-state index is 13.9. The van der Waals surface area contributed by atoms with Crippen molar-refractivity contribution < 1.29 is 27.4 Å². The number of hydrogen-bond donors (Lipinski definition) is 1. The highest BCUT2D eigenvalue weighted by Gasteiger charge is 2.27. The van der Waals surface area contributed by atoms with Crippen molar-refractivity contribution in [2.75, 3.05) is 18.5 Å². The third-order valence-corrected chi connectivity index (χ3v) is 5.21. The maximum absolute atomic E-state index is 13.9. The lowest BCUT2D eigenvalue weighted by Crippen LogP contribution is -2.28. The van der Waals surface area contributed by atoms with Crippen LogP contribution < -0.4 is 9.04 Å². The van der Waals surface area contributed by atoms with Gasteiger partial charge in [-0.05, 0) is 29.8 Å². The van der Waals surface area contributed by atoms with Crippen molar-refractivity contribution in [2.24, 2.45) is 0 Å². The molecule has 0 amide bonds. The van der Waals surface area contributed by atoms with Gasteiger partial charge in [-0.25, -0.2) is 12.8 Å². The van der Waals surface area contributed by atoms with Gasteiger partial charge in [0.05, 0.1) is 19.2 Å². The van der Waals surface area contributed by atoms with Crippen molar-refractivity contribution >= 4 is 21.7 Å². The summed E-state index contributed by atoms with van der Waals surface area (Å²) in [6.45, 7) is 0. The summed E-state index contributed by atoms with van der Waals surface area (Å²) >= 11 is 0. The van der Waals surface area contributed by atoms with Crippen LogP contribution in [0.1, 0.15) is 5.56 Å². The lowest BCUT2D eigenvalue weighted by atomic mass is 10.1. The van der Waals surface area contributed by atoms with E-state index in [0.717, 1.165) is 10.4 Å². The quantitative estimate of drug-likeness (QED) is 0.861. The number of anilines is 1. The standard InChI is InChI=1S/C16H16FNO5S/c1-18(13-6-4-3-5-12(13)17)24(21,22)15-9-11(10-16(19)20)7-8-14(15)23-2/h3-9H,10H2,1-2H3,(H,19,20). The van der Waals surface area contributed by atoms with Crippen LogP contribution in [0.2, 0.25) is 0 Å². The molecule has 0 aliphatic carbocycles. The summed E-state index contributed by atoms with van der Waals surface area (Å²) in [6, 6.07) is 9.52. The Morgan fingerprint density at radius 1 is 1.25 bits per heavy atom. The molecule has 1 N–H and O–H groups in total. The summed E-state index contributed by atoms with van der Waals surface area (Å²) in [4.78, 5) is 10.6. The number of hydrogen-bond acceptors (Lipinski definition) is 4. The van der Waals surface area contributed by atoms with E-state index in [1.54, 1.807) is 0 Å². The Morgan fingerprint density at radius 3 is 2.50 bits per heavy atom. The molecule has 0 aliphatic rings. The van der Waals surface area contributed by atoms with Gasteiger partial charge in [0.15, 0.2) is 0 Å². The van der Waals surface area contributed by atoms with E-state index in [1.807, 2.05) is 0 Å². The molecular weight excluding hydrogens is 337 g/mol. The van der Waals surface area contributed by atoms with Crippen LogP contribution in [0.3, 0.4) is 0 Å². The molecule has 2 aromatic rings. The molecule has 8 heteroatoms. The Balaban J connectivity index is 2.55. The van der Waals surface area contributed by atoms with Gasteiger partial charge in [-0.15, -0.1) is 0 Å². The van der Waals surface area contributed by atoms with E-state index in [0.29, 0.717) is 5.56 Å². The average Bonchev–Trinajstić information content (AvgIpc) is 2.54. The molecule has 0 fully saturated rings. The molecule has 2 aromatic carbocycles. The number of sulfonamides is 1. The van der Waals surface area contributed by atoms with Gasteiger partial charge in [-0.3, -0.25) is 9.10 Å². The first-order valence-corrected chi connectivity index (χ1v) is 8.33. The Hall–Kier alpha value is -2.61. The molecule has 0 aromatic heterocycles. The first-order valence-electron chi connectivity index (χ1n) is 6.89. The van der Waals surface area contributed by atoms with Gasteiger partial charge in [0.1, 0.15) is 16.5 Å². The minimum Gasteiger partial charge on any atom is -0.495 e. The van der Waals surface area contributed by atoms with Gasteiger partial charge in [-0.1, -0.05) is 18.2 Å². The predicted molar refractivity (Wildman–Crippen MR) is 86.3 cm³/mol. The summed E-state index contributed by atoms with van der Waals surface area (Å²) in [6.07, 6.45) is -0.337. The van der Waals surface area contributed by atoms with Gasteiger partial charge >= 0.3 is 5.97 Å². The largest absolute Gasteiger partial charge is 0.495 e. The van der Waals surface area contributed by atoms with Crippen LogP contribution in [0, 0.1) is 5.82 Å². The van der Waals surface area contributed by atoms with E-state index in [2.05, 4.69) is 0 Å². The van der Waals surface area contributed by atoms with Crippen molar-refractivity contribution in [1.29, 1.82) is 0 Å². The van der Waals surface area contributed by atoms with Crippen LogP contribution in [0.5, 0.6) is 5.75 Å². The van der Waals surface area contributed by atoms with Crippen molar-refractivity contribution in [2.45, 2.75) is 11.3 Å². The lowest BCUT2D eigenvalue weighted by molar-refractivity contribution is -0.136. The maximum Gasteiger partial charge on any atom is 0.307 e. The molecule has 0 spiro atoms. The van der Waals surface area contributed by atoms with Gasteiger partial charge in [0.2, 0.25) is 0 Å². The number of para-hydroxylation sites is 1. The van der Waals surface area contributed by atoms with Gasteiger partial charge < -0.3 is 9.84 Å². The van der Waals surface area contributed by atoms with Gasteiger partial charge in [0, 0.05) is 7.05 Å². The number of carboxylic acids is 1. The van der Waals surface area contributed by atoms with Crippen molar-refractivity contribution in [1.82, 2.24) is 0 Å². The minimum atomic E-state index is -4.14. The molecule has 0 saturated heterocycles. The molecule has 0 bridgehead atoms. The van der Waals surface area contributed by atoms with Crippen LogP contribution in [-0.2, 0) is 21.2 Å². The molecule has 0 atom stereocenters. The zero-order valence-electron chi connectivity index (χ0n) is 13.1. The fourth-order valence-corrected chi connectivity index (χ4v) is 3.60. The summed E-state index contributed by atoms with van der Waals surface area (Å²) in [5.41, 5.74) is 0.173. The van der Waals surface area contributed by atoms with E-state index in [9.17, 15) is 17.6 Å². The molecule has 0 unspecified atom stereocenters. The van der Waals surface area contributed by atoms with E-state index in [1.165, 1.54) is 50.6 Å². The number of carbonyl (C=O) groups is 1. The SMILES string of the molecule is COc1ccc(CC(=O)O)cc1S(=O)(=O)N(C)c1ccccc1F. The number of halogens is 1. The molecule has 0 aliphatic heterocycles. The number of rotatable bonds is 6. The second-order valence-electron chi connectivity index (χ2n) is 4.98. The van der Waals surface area contributed by atoms with Crippen molar-refractivity contribution in [3.05, 3.63) is 53.8 Å². The number of aliphatic carboxylic acids is 1. The molecule has 0 heterocycles. The Labute approximate surface area is 139 Å². The van der Waals surface area contributed by atoms with Gasteiger partial charge in [-0.2, -0.15) is 0 Å². The molecule has 6 nitrogen and oxygen atoms in total. The molecule has 0 saturated carbocycles. The molecular formula is C16H16FNO5S. The fourth-order valence-electron chi connectivity index (χ4n) is 2.19. The number of carboxylic acid groups (broad SMARTS) is 1. The van der Waals surface area contributed by atoms with E-state index < -0.39 is 21.8 Å². The van der Waals surface area contributed by atoms with Crippen LogP contribution in [-0.4, -0.2) is 33.7 Å². The second-order valence-corrected chi connectivity index (χ2v) is 6.92. The number of ether oxygens (including phenoxy) is 1. The lowest BCUT2D eigenvalue weighted by Gasteiger charge is -2.21. The zero-order valence-corrected chi connectivity index (χ0v) is 13.9. The van der Waals surface area contributed by atoms with Crippen molar-refractivity contribution in [3.63, 3.8) is 0 Å². The normalized spacial score (nSPS) is 11.1. The second kappa shape index (κ2) is 6.88. The third-order valence-electron chi connectivity index (χ3n) is 3.41. The van der Waals surface area contributed by atoms with E-state index in [-0.39, 0.29) is 22.8 Å². The van der Waals surface area contributed by atoms with Crippen LogP contribution in [0.15, 0.2) is 47.4 Å². The molecule has 128 valence electrons. The average molecular weight is 353 g/mol. The van der Waals surface area contributed by atoms with E-state index in [4.69, 9.17) is 9.84 Å². The topological polar surface area (TPSA) is 83.9 Å². The van der Waals surface area contributed by atoms with E-state index >= 15 is 0 Å². The number of benzene rings is 2.